The van der Waals surface area contributed by atoms with Gasteiger partial charge in [0, 0.05) is 42.9 Å². The summed E-state index contributed by atoms with van der Waals surface area (Å²) in [6, 6.07) is 1.77. The van der Waals surface area contributed by atoms with E-state index in [0.29, 0.717) is 6.42 Å². The van der Waals surface area contributed by atoms with Crippen LogP contribution in [0.4, 0.5) is 0 Å². The molecule has 0 unspecified atom stereocenters. The predicted octanol–water partition coefficient (Wildman–Crippen LogP) is 4.04. The number of esters is 3. The van der Waals surface area contributed by atoms with Crippen molar-refractivity contribution in [2.24, 2.45) is 28.1 Å². The Morgan fingerprint density at radius 1 is 1.17 bits per heavy atom. The zero-order valence-corrected chi connectivity index (χ0v) is 28.1. The number of carbonyl (C=O) groups is 4. The lowest BCUT2D eigenvalue weighted by molar-refractivity contribution is -0.375. The summed E-state index contributed by atoms with van der Waals surface area (Å²) in [6.07, 6.45) is -1.74. The van der Waals surface area contributed by atoms with Gasteiger partial charge >= 0.3 is 17.9 Å². The molecule has 4 fully saturated rings. The molecular weight excluding hydrogens is 596 g/mol. The maximum atomic E-state index is 13.7. The monoisotopic (exact) mass is 644 g/mol. The van der Waals surface area contributed by atoms with Gasteiger partial charge < -0.3 is 33.6 Å². The van der Waals surface area contributed by atoms with Gasteiger partial charge in [-0.1, -0.05) is 48.1 Å². The van der Waals surface area contributed by atoms with Crippen LogP contribution in [0.15, 0.2) is 35.2 Å². The predicted molar refractivity (Wildman–Crippen MR) is 163 cm³/mol. The molecule has 11 nitrogen and oxygen atoms in total. The number of hydrogen-bond acceptors (Lipinski definition) is 11. The summed E-state index contributed by atoms with van der Waals surface area (Å²) in [7, 11) is 1.25. The zero-order valence-electron chi connectivity index (χ0n) is 28.1. The summed E-state index contributed by atoms with van der Waals surface area (Å²) in [4.78, 5) is 52.9. The van der Waals surface area contributed by atoms with Crippen molar-refractivity contribution in [3.63, 3.8) is 0 Å². The molecule has 1 aromatic rings. The van der Waals surface area contributed by atoms with E-state index in [-0.39, 0.29) is 37.0 Å². The third-order valence-electron chi connectivity index (χ3n) is 12.4. The van der Waals surface area contributed by atoms with E-state index in [2.05, 4.69) is 6.58 Å². The molecule has 1 spiro atoms. The normalized spacial score (nSPS) is 41.9. The average Bonchev–Trinajstić information content (AvgIpc) is 3.53. The van der Waals surface area contributed by atoms with E-state index in [1.165, 1.54) is 20.3 Å². The number of fused-ring (bicyclic) bond motifs is 3. The van der Waals surface area contributed by atoms with Gasteiger partial charge in [-0.15, -0.1) is 0 Å². The van der Waals surface area contributed by atoms with Gasteiger partial charge in [-0.3, -0.25) is 19.2 Å². The first-order valence-electron chi connectivity index (χ1n) is 16.1. The number of aliphatic hydroxyl groups excluding tert-OH is 1. The molecule has 0 radical (unpaired) electrons. The highest BCUT2D eigenvalue weighted by atomic mass is 16.6. The summed E-state index contributed by atoms with van der Waals surface area (Å²) < 4.78 is 29.8. The van der Waals surface area contributed by atoms with Gasteiger partial charge in [-0.05, 0) is 41.4 Å². The van der Waals surface area contributed by atoms with Crippen molar-refractivity contribution in [2.45, 2.75) is 122 Å². The molecule has 1 saturated heterocycles. The number of furan rings is 1. The summed E-state index contributed by atoms with van der Waals surface area (Å²) in [5, 5.41) is 25.5. The fraction of sp³-hybridized carbons (Fsp3) is 0.714. The minimum Gasteiger partial charge on any atom is -0.472 e. The molecule has 46 heavy (non-hydrogen) atoms. The highest BCUT2D eigenvalue weighted by molar-refractivity contribution is 5.84. The van der Waals surface area contributed by atoms with Gasteiger partial charge in [0.1, 0.15) is 29.2 Å². The Balaban J connectivity index is 1.82. The third kappa shape index (κ3) is 4.48. The Labute approximate surface area is 270 Å². The van der Waals surface area contributed by atoms with Crippen molar-refractivity contribution >= 4 is 23.7 Å². The van der Waals surface area contributed by atoms with Crippen LogP contribution in [-0.2, 0) is 38.1 Å². The van der Waals surface area contributed by atoms with Crippen LogP contribution in [0, 0.1) is 28.1 Å². The van der Waals surface area contributed by atoms with E-state index in [0.717, 1.165) is 5.56 Å². The lowest BCUT2D eigenvalue weighted by atomic mass is 9.37. The third-order valence-corrected chi connectivity index (χ3v) is 12.4. The fourth-order valence-electron chi connectivity index (χ4n) is 9.55. The molecule has 3 saturated carbocycles. The molecule has 0 aromatic carbocycles. The van der Waals surface area contributed by atoms with Gasteiger partial charge in [-0.2, -0.15) is 0 Å². The van der Waals surface area contributed by atoms with E-state index >= 15 is 0 Å². The molecule has 11 heteroatoms. The Hall–Kier alpha value is -3.02. The van der Waals surface area contributed by atoms with Gasteiger partial charge in [-0.25, -0.2) is 0 Å². The van der Waals surface area contributed by atoms with Crippen LogP contribution in [0.2, 0.25) is 0 Å². The second kappa shape index (κ2) is 11.3. The molecule has 11 atom stereocenters. The first-order chi connectivity index (χ1) is 21.4. The molecule has 2 bridgehead atoms. The van der Waals surface area contributed by atoms with Crippen LogP contribution >= 0.6 is 0 Å². The fourth-order valence-corrected chi connectivity index (χ4v) is 9.55. The number of hydrogen-bond donors (Lipinski definition) is 2. The Bertz CT molecular complexity index is 1420. The van der Waals surface area contributed by atoms with Crippen molar-refractivity contribution in [1.82, 2.24) is 0 Å². The number of ketones is 1. The van der Waals surface area contributed by atoms with Crippen molar-refractivity contribution < 1.29 is 52.8 Å². The van der Waals surface area contributed by atoms with Crippen molar-refractivity contribution in [3.8, 4) is 0 Å². The summed E-state index contributed by atoms with van der Waals surface area (Å²) in [5.74, 6) is -3.78. The second-order valence-electron chi connectivity index (χ2n) is 15.0. The molecule has 4 aliphatic rings. The first-order valence-corrected chi connectivity index (χ1v) is 16.1. The van der Waals surface area contributed by atoms with Gasteiger partial charge in [0.2, 0.25) is 0 Å². The summed E-state index contributed by atoms with van der Waals surface area (Å²) in [6.45, 7) is 16.4. The topological polar surface area (TPSA) is 159 Å². The quantitative estimate of drug-likeness (QED) is 0.251. The molecular formula is C35H48O11. The Morgan fingerprint density at radius 3 is 2.41 bits per heavy atom. The van der Waals surface area contributed by atoms with Gasteiger partial charge in [0.25, 0.3) is 0 Å². The number of aliphatic hydroxyl groups is 2. The molecule has 1 aromatic heterocycles. The maximum Gasteiger partial charge on any atom is 0.309 e. The highest BCUT2D eigenvalue weighted by Crippen LogP contribution is 2.74. The molecule has 2 heterocycles. The number of carbonyl (C=O) groups excluding carboxylic acids is 4. The van der Waals surface area contributed by atoms with Crippen LogP contribution in [-0.4, -0.2) is 76.6 Å². The van der Waals surface area contributed by atoms with E-state index < -0.39 is 87.5 Å². The molecule has 0 amide bonds. The Morgan fingerprint density at radius 2 is 1.85 bits per heavy atom. The highest BCUT2D eigenvalue weighted by Gasteiger charge is 2.82. The standard InChI is InChI=1S/C35H48O11/c1-10-18(2)30(40)45-27-28(39)31(5,6)24(14-26(38)42-9)33(8)29(27)46-34-15-22(37)13-23(21-11-12-43-17-21)32(34,7)16-25(44-20(4)36)35(33,41)19(34)3/h11-12,17-18,23-25,27-29,39,41H,3,10,13-16H2,1-2,4-9H3/t18-,23+,24+,25-,27+,28+,29+,32+,33-,34+,35+/m1/s1. The van der Waals surface area contributed by atoms with Crippen LogP contribution in [0.3, 0.4) is 0 Å². The molecule has 5 rings (SSSR count). The van der Waals surface area contributed by atoms with Crippen LogP contribution < -0.4 is 0 Å². The largest absolute Gasteiger partial charge is 0.472 e. The van der Waals surface area contributed by atoms with Crippen molar-refractivity contribution in [1.29, 1.82) is 0 Å². The number of ether oxygens (including phenoxy) is 4. The van der Waals surface area contributed by atoms with Crippen molar-refractivity contribution in [2.75, 3.05) is 7.11 Å². The zero-order chi connectivity index (χ0) is 34.2. The summed E-state index contributed by atoms with van der Waals surface area (Å²) >= 11 is 0. The smallest absolute Gasteiger partial charge is 0.309 e. The van der Waals surface area contributed by atoms with E-state index in [1.54, 1.807) is 40.0 Å². The molecule has 2 N–H and O–H groups in total. The first kappa shape index (κ1) is 34.3. The Kier molecular flexibility index (Phi) is 8.43. The van der Waals surface area contributed by atoms with E-state index in [4.69, 9.17) is 23.4 Å². The van der Waals surface area contributed by atoms with Crippen LogP contribution in [0.25, 0.3) is 0 Å². The summed E-state index contributed by atoms with van der Waals surface area (Å²) in [5.41, 5.74) is -6.47. The number of Topliss-reactive ketones (excluding diaryl/α,β-unsaturated/α-hetero) is 1. The second-order valence-corrected chi connectivity index (χ2v) is 15.0. The average molecular weight is 645 g/mol. The lowest BCUT2D eigenvalue weighted by Gasteiger charge is -2.75. The molecule has 1 aliphatic heterocycles. The van der Waals surface area contributed by atoms with Crippen LogP contribution in [0.5, 0.6) is 0 Å². The van der Waals surface area contributed by atoms with Gasteiger partial charge in [0.05, 0.1) is 31.7 Å². The minimum atomic E-state index is -2.10. The van der Waals surface area contributed by atoms with Crippen molar-refractivity contribution in [3.05, 3.63) is 36.3 Å². The minimum absolute atomic E-state index is 0.0821. The maximum absolute atomic E-state index is 13.7. The van der Waals surface area contributed by atoms with E-state index in [9.17, 15) is 29.4 Å². The van der Waals surface area contributed by atoms with Crippen LogP contribution in [0.1, 0.15) is 92.1 Å². The lowest BCUT2D eigenvalue weighted by Crippen LogP contribution is -2.85. The molecule has 3 aliphatic carbocycles. The van der Waals surface area contributed by atoms with E-state index in [1.807, 2.05) is 13.8 Å². The van der Waals surface area contributed by atoms with Gasteiger partial charge in [0.15, 0.2) is 6.10 Å². The number of methoxy groups -OCH3 is 1. The molecule has 254 valence electrons. The SMILES string of the molecule is C=C1[C@@]23CC(=O)C[C@@H](c4ccoc4)[C@]2(C)C[C@@H](OC(C)=O)[C@]1(O)[C@@]1(C)[C@@H](O3)[C@@H](OC(=O)[C@H](C)CC)[C@H](O)C(C)(C)[C@@H]1CC(=O)OC. The number of rotatable bonds is 7.